The fourth-order valence-corrected chi connectivity index (χ4v) is 5.46. The lowest BCUT2D eigenvalue weighted by Gasteiger charge is -2.29. The highest BCUT2D eigenvalue weighted by Gasteiger charge is 2.33. The Morgan fingerprint density at radius 3 is 2.77 bits per heavy atom. The van der Waals surface area contributed by atoms with Gasteiger partial charge in [0.05, 0.1) is 30.2 Å². The SMILES string of the molecule is O=C1/C(=C\c2c(N3CCOCC3)nc3ccccn3c2=O)SC(=S)N1Cc1ccc2c(c1)OCO2. The number of carbonyl (C=O) groups is 1. The second-order valence-electron chi connectivity index (χ2n) is 8.14. The summed E-state index contributed by atoms with van der Waals surface area (Å²) in [4.78, 5) is 35.5. The monoisotopic (exact) mass is 508 g/mol. The van der Waals surface area contributed by atoms with Crippen molar-refractivity contribution in [3.05, 3.63) is 69.0 Å². The maximum Gasteiger partial charge on any atom is 0.267 e. The number of anilines is 1. The van der Waals surface area contributed by atoms with Gasteiger partial charge in [-0.3, -0.25) is 18.9 Å². The fourth-order valence-electron chi connectivity index (χ4n) is 4.22. The van der Waals surface area contributed by atoms with E-state index >= 15 is 0 Å². The van der Waals surface area contributed by atoms with Crippen molar-refractivity contribution >= 4 is 51.7 Å². The minimum Gasteiger partial charge on any atom is -0.454 e. The summed E-state index contributed by atoms with van der Waals surface area (Å²) in [6, 6.07) is 11.0. The summed E-state index contributed by atoms with van der Waals surface area (Å²) in [5.41, 5.74) is 1.54. The van der Waals surface area contributed by atoms with Crippen molar-refractivity contribution in [2.75, 3.05) is 38.0 Å². The molecule has 0 radical (unpaired) electrons. The number of nitrogens with zero attached hydrogens (tertiary/aromatic N) is 4. The molecule has 9 nitrogen and oxygen atoms in total. The van der Waals surface area contributed by atoms with Gasteiger partial charge in [-0.15, -0.1) is 0 Å². The van der Waals surface area contributed by atoms with E-state index in [1.165, 1.54) is 21.1 Å². The first-order valence-corrected chi connectivity index (χ1v) is 12.3. The van der Waals surface area contributed by atoms with Crippen LogP contribution < -0.4 is 19.9 Å². The molecule has 2 aromatic heterocycles. The average Bonchev–Trinajstić information content (AvgIpc) is 3.45. The lowest BCUT2D eigenvalue weighted by molar-refractivity contribution is -0.122. The number of aromatic nitrogens is 2. The molecule has 1 amide bonds. The summed E-state index contributed by atoms with van der Waals surface area (Å²) < 4.78 is 18.2. The molecule has 35 heavy (non-hydrogen) atoms. The predicted molar refractivity (Wildman–Crippen MR) is 136 cm³/mol. The van der Waals surface area contributed by atoms with Gasteiger partial charge in [-0.25, -0.2) is 4.98 Å². The number of morpholine rings is 1. The quantitative estimate of drug-likeness (QED) is 0.390. The Labute approximate surface area is 209 Å². The first-order chi connectivity index (χ1) is 17.1. The molecular weight excluding hydrogens is 488 g/mol. The molecule has 11 heteroatoms. The van der Waals surface area contributed by atoms with Crippen molar-refractivity contribution in [3.8, 4) is 11.5 Å². The van der Waals surface area contributed by atoms with Crippen LogP contribution in [0.15, 0.2) is 52.3 Å². The second-order valence-corrected chi connectivity index (χ2v) is 9.81. The topological polar surface area (TPSA) is 85.6 Å². The van der Waals surface area contributed by atoms with Crippen molar-refractivity contribution in [3.63, 3.8) is 0 Å². The third kappa shape index (κ3) is 4.05. The Balaban J connectivity index is 1.36. The van der Waals surface area contributed by atoms with Crippen LogP contribution in [0.25, 0.3) is 11.7 Å². The fraction of sp³-hybridized carbons (Fsp3) is 0.250. The highest BCUT2D eigenvalue weighted by Crippen LogP contribution is 2.37. The molecule has 2 fully saturated rings. The molecule has 0 aliphatic carbocycles. The lowest BCUT2D eigenvalue weighted by atomic mass is 10.2. The first kappa shape index (κ1) is 22.1. The Hall–Kier alpha value is -3.41. The van der Waals surface area contributed by atoms with Crippen LogP contribution in [0.2, 0.25) is 0 Å². The number of carbonyl (C=O) groups excluding carboxylic acids is 1. The van der Waals surface area contributed by atoms with E-state index < -0.39 is 0 Å². The molecule has 0 atom stereocenters. The van der Waals surface area contributed by atoms with E-state index in [9.17, 15) is 9.59 Å². The smallest absolute Gasteiger partial charge is 0.267 e. The van der Waals surface area contributed by atoms with Gasteiger partial charge in [-0.2, -0.15) is 0 Å². The second kappa shape index (κ2) is 8.99. The van der Waals surface area contributed by atoms with Gasteiger partial charge >= 0.3 is 0 Å². The third-order valence-electron chi connectivity index (χ3n) is 5.99. The van der Waals surface area contributed by atoms with Gasteiger partial charge in [0.1, 0.15) is 15.8 Å². The van der Waals surface area contributed by atoms with Gasteiger partial charge < -0.3 is 19.1 Å². The van der Waals surface area contributed by atoms with E-state index in [-0.39, 0.29) is 18.3 Å². The number of thioether (sulfide) groups is 1. The van der Waals surface area contributed by atoms with Crippen LogP contribution in [0.3, 0.4) is 0 Å². The summed E-state index contributed by atoms with van der Waals surface area (Å²) in [5.74, 6) is 1.63. The zero-order valence-electron chi connectivity index (χ0n) is 18.5. The average molecular weight is 509 g/mol. The van der Waals surface area contributed by atoms with Gasteiger partial charge in [0, 0.05) is 19.3 Å². The van der Waals surface area contributed by atoms with Crippen LogP contribution >= 0.6 is 24.0 Å². The van der Waals surface area contributed by atoms with Crippen LogP contribution in [0.5, 0.6) is 11.5 Å². The predicted octanol–water partition coefficient (Wildman–Crippen LogP) is 2.66. The van der Waals surface area contributed by atoms with Crippen LogP contribution in [0, 0.1) is 0 Å². The van der Waals surface area contributed by atoms with Crippen LogP contribution in [0.1, 0.15) is 11.1 Å². The lowest BCUT2D eigenvalue weighted by Crippen LogP contribution is -2.38. The van der Waals surface area contributed by atoms with Crippen LogP contribution in [-0.2, 0) is 16.1 Å². The molecule has 0 N–H and O–H groups in total. The van der Waals surface area contributed by atoms with E-state index in [0.29, 0.717) is 70.6 Å². The Kier molecular flexibility index (Phi) is 5.67. The minimum absolute atomic E-state index is 0.184. The Morgan fingerprint density at radius 1 is 1.09 bits per heavy atom. The molecular formula is C24H20N4O5S2. The molecule has 5 heterocycles. The standard InChI is InChI=1S/C24H20N4O5S2/c29-22-16(21(26-7-9-31-10-8-26)25-20-3-1-2-6-27(20)22)12-19-23(30)28(24(34)35-19)13-15-4-5-17-18(11-15)33-14-32-17/h1-6,11-12H,7-10,13-14H2/b19-12+. The first-order valence-electron chi connectivity index (χ1n) is 11.1. The van der Waals surface area contributed by atoms with E-state index in [1.54, 1.807) is 24.4 Å². The van der Waals surface area contributed by atoms with Crippen LogP contribution in [-0.4, -0.2) is 57.6 Å². The number of benzene rings is 1. The normalized spacial score (nSPS) is 18.8. The number of amides is 1. The van der Waals surface area contributed by atoms with Crippen molar-refractivity contribution in [2.45, 2.75) is 6.54 Å². The zero-order chi connectivity index (χ0) is 23.9. The summed E-state index contributed by atoms with van der Waals surface area (Å²) >= 11 is 6.71. The third-order valence-corrected chi connectivity index (χ3v) is 7.36. The Morgan fingerprint density at radius 2 is 1.91 bits per heavy atom. The minimum atomic E-state index is -0.247. The van der Waals surface area contributed by atoms with E-state index in [1.807, 2.05) is 29.2 Å². The van der Waals surface area contributed by atoms with E-state index in [2.05, 4.69) is 0 Å². The highest BCUT2D eigenvalue weighted by molar-refractivity contribution is 8.26. The van der Waals surface area contributed by atoms with E-state index in [0.717, 1.165) is 5.56 Å². The number of ether oxygens (including phenoxy) is 3. The molecule has 0 unspecified atom stereocenters. The molecule has 2 saturated heterocycles. The number of pyridine rings is 1. The van der Waals surface area contributed by atoms with Crippen molar-refractivity contribution in [2.24, 2.45) is 0 Å². The Bertz CT molecular complexity index is 1450. The van der Waals surface area contributed by atoms with Crippen molar-refractivity contribution in [1.82, 2.24) is 14.3 Å². The van der Waals surface area contributed by atoms with Gasteiger partial charge in [0.2, 0.25) is 6.79 Å². The number of hydrogen-bond donors (Lipinski definition) is 0. The number of thiocarbonyl (C=S) groups is 1. The van der Waals surface area contributed by atoms with Gasteiger partial charge in [-0.05, 0) is 35.9 Å². The molecule has 1 aromatic carbocycles. The number of hydrogen-bond acceptors (Lipinski definition) is 9. The maximum absolute atomic E-state index is 13.5. The maximum atomic E-state index is 13.5. The molecule has 3 aromatic rings. The zero-order valence-corrected chi connectivity index (χ0v) is 20.1. The van der Waals surface area contributed by atoms with Crippen LogP contribution in [0.4, 0.5) is 5.82 Å². The van der Waals surface area contributed by atoms with Gasteiger partial charge in [0.25, 0.3) is 11.5 Å². The van der Waals surface area contributed by atoms with E-state index in [4.69, 9.17) is 31.4 Å². The molecule has 0 saturated carbocycles. The van der Waals surface area contributed by atoms with Crippen molar-refractivity contribution < 1.29 is 19.0 Å². The highest BCUT2D eigenvalue weighted by atomic mass is 32.2. The number of fused-ring (bicyclic) bond motifs is 2. The molecule has 178 valence electrons. The van der Waals surface area contributed by atoms with Gasteiger partial charge in [0.15, 0.2) is 11.5 Å². The molecule has 6 rings (SSSR count). The number of rotatable bonds is 4. The summed E-state index contributed by atoms with van der Waals surface area (Å²) in [5, 5.41) is 0. The molecule has 0 bridgehead atoms. The largest absolute Gasteiger partial charge is 0.454 e. The summed E-state index contributed by atoms with van der Waals surface area (Å²) in [6.45, 7) is 2.80. The molecule has 0 spiro atoms. The van der Waals surface area contributed by atoms with Gasteiger partial charge in [-0.1, -0.05) is 36.1 Å². The summed E-state index contributed by atoms with van der Waals surface area (Å²) in [7, 11) is 0. The van der Waals surface area contributed by atoms with Crippen molar-refractivity contribution in [1.29, 1.82) is 0 Å². The summed E-state index contributed by atoms with van der Waals surface area (Å²) in [6.07, 6.45) is 3.30. The molecule has 3 aliphatic heterocycles. The molecule has 3 aliphatic rings.